The molecule has 2 aliphatic rings. The van der Waals surface area contributed by atoms with Gasteiger partial charge in [0.05, 0.1) is 15.7 Å². The van der Waals surface area contributed by atoms with E-state index < -0.39 is 10.8 Å². The van der Waals surface area contributed by atoms with Crippen LogP contribution in [-0.2, 0) is 17.3 Å². The number of carbonyl (C=O) groups is 1. The summed E-state index contributed by atoms with van der Waals surface area (Å²) < 4.78 is 11.5. The Morgan fingerprint density at radius 2 is 2.04 bits per heavy atom. The molecular weight excluding hydrogens is 306 g/mol. The fourth-order valence-corrected chi connectivity index (χ4v) is 3.78. The molecule has 2 aliphatic heterocycles. The molecule has 1 aromatic carbocycles. The summed E-state index contributed by atoms with van der Waals surface area (Å²) in [5, 5.41) is 4.42. The van der Waals surface area contributed by atoms with Gasteiger partial charge in [-0.2, -0.15) is 0 Å². The molecule has 1 unspecified atom stereocenters. The summed E-state index contributed by atoms with van der Waals surface area (Å²) in [5.41, 5.74) is 3.81. The van der Waals surface area contributed by atoms with Crippen LogP contribution >= 0.6 is 0 Å². The fraction of sp³-hybridized carbons (Fsp3) is 0.211. The van der Waals surface area contributed by atoms with Crippen molar-refractivity contribution < 1.29 is 9.00 Å². The molecule has 23 heavy (non-hydrogen) atoms. The van der Waals surface area contributed by atoms with Crippen molar-refractivity contribution >= 4 is 16.7 Å². The largest absolute Gasteiger partial charge is 0.348 e. The third kappa shape index (κ3) is 3.77. The Balaban J connectivity index is 0.000000172. The molecule has 1 aromatic rings. The van der Waals surface area contributed by atoms with Crippen molar-refractivity contribution in [3.8, 4) is 0 Å². The molecule has 0 radical (unpaired) electrons. The van der Waals surface area contributed by atoms with E-state index in [2.05, 4.69) is 32.3 Å². The van der Waals surface area contributed by atoms with Gasteiger partial charge in [-0.25, -0.2) is 4.21 Å². The first-order chi connectivity index (χ1) is 11.0. The topological polar surface area (TPSA) is 46.2 Å². The van der Waals surface area contributed by atoms with Gasteiger partial charge in [0.2, 0.25) is 0 Å². The van der Waals surface area contributed by atoms with E-state index in [1.54, 1.807) is 17.6 Å². The standard InChI is InChI=1S/C11H14OS.C8H7NO/c1-5-10(8(2)3)11-9(4)6-7-13(11)12;10-8-7-4-2-1-3-6(7)5-9-8/h5-8H,1,4H2,2-3H3;1-4H,5H2,(H,9,10)/b11-10-;. The minimum absolute atomic E-state index is 0.0515. The number of nitrogens with one attached hydrogen (secondary N) is 1. The Hall–Kier alpha value is -2.20. The molecule has 0 saturated heterocycles. The summed E-state index contributed by atoms with van der Waals surface area (Å²) in [7, 11) is -1.01. The van der Waals surface area contributed by atoms with E-state index in [0.717, 1.165) is 27.2 Å². The number of amides is 1. The highest BCUT2D eigenvalue weighted by atomic mass is 32.2. The highest BCUT2D eigenvalue weighted by Gasteiger charge is 2.19. The van der Waals surface area contributed by atoms with Gasteiger partial charge in [-0.3, -0.25) is 4.79 Å². The smallest absolute Gasteiger partial charge is 0.251 e. The van der Waals surface area contributed by atoms with Crippen LogP contribution in [0, 0.1) is 5.92 Å². The van der Waals surface area contributed by atoms with Crippen LogP contribution in [0.4, 0.5) is 0 Å². The lowest BCUT2D eigenvalue weighted by Gasteiger charge is -2.10. The highest BCUT2D eigenvalue weighted by Crippen LogP contribution is 2.29. The number of rotatable bonds is 2. The summed E-state index contributed by atoms with van der Waals surface area (Å²) in [4.78, 5) is 11.8. The highest BCUT2D eigenvalue weighted by molar-refractivity contribution is 7.92. The molecule has 0 aliphatic carbocycles. The fourth-order valence-electron chi connectivity index (χ4n) is 2.48. The first kappa shape index (κ1) is 17.2. The van der Waals surface area contributed by atoms with E-state index in [0.29, 0.717) is 12.5 Å². The second-order valence-electron chi connectivity index (χ2n) is 5.61. The van der Waals surface area contributed by atoms with Gasteiger partial charge in [-0.05, 0) is 34.8 Å². The third-order valence-electron chi connectivity index (χ3n) is 3.69. The summed E-state index contributed by atoms with van der Waals surface area (Å²) in [5.74, 6) is 0.392. The molecule has 0 aromatic heterocycles. The average molecular weight is 327 g/mol. The molecule has 1 atom stereocenters. The Kier molecular flexibility index (Phi) is 5.50. The van der Waals surface area contributed by atoms with Crippen LogP contribution in [0.15, 0.2) is 71.0 Å². The van der Waals surface area contributed by atoms with Crippen molar-refractivity contribution in [2.75, 3.05) is 0 Å². The molecule has 0 bridgehead atoms. The Morgan fingerprint density at radius 3 is 2.57 bits per heavy atom. The van der Waals surface area contributed by atoms with Gasteiger partial charge < -0.3 is 5.32 Å². The molecule has 1 amide bonds. The Bertz CT molecular complexity index is 721. The maximum absolute atomic E-state index is 11.5. The lowest BCUT2D eigenvalue weighted by atomic mass is 10.0. The van der Waals surface area contributed by atoms with Gasteiger partial charge >= 0.3 is 0 Å². The van der Waals surface area contributed by atoms with E-state index in [1.165, 1.54) is 0 Å². The van der Waals surface area contributed by atoms with E-state index in [1.807, 2.05) is 24.3 Å². The van der Waals surface area contributed by atoms with Gasteiger partial charge in [0.25, 0.3) is 5.91 Å². The zero-order valence-corrected chi connectivity index (χ0v) is 14.3. The molecule has 2 heterocycles. The van der Waals surface area contributed by atoms with Crippen LogP contribution in [0.25, 0.3) is 0 Å². The van der Waals surface area contributed by atoms with Crippen molar-refractivity contribution in [1.29, 1.82) is 0 Å². The average Bonchev–Trinajstić information content (AvgIpc) is 3.06. The van der Waals surface area contributed by atoms with Crippen LogP contribution < -0.4 is 5.32 Å². The predicted octanol–water partition coefficient (Wildman–Crippen LogP) is 3.84. The zero-order chi connectivity index (χ0) is 17.0. The summed E-state index contributed by atoms with van der Waals surface area (Å²) in [6, 6.07) is 7.63. The second-order valence-corrected chi connectivity index (χ2v) is 6.88. The third-order valence-corrected chi connectivity index (χ3v) is 4.97. The van der Waals surface area contributed by atoms with Crippen molar-refractivity contribution in [3.05, 3.63) is 82.2 Å². The van der Waals surface area contributed by atoms with Crippen molar-refractivity contribution in [2.45, 2.75) is 20.4 Å². The SMILES string of the molecule is C=C/C(=C1\C(=C)C=CS1=O)C(C)C.O=C1NCc2ccccc21. The van der Waals surface area contributed by atoms with Gasteiger partial charge in [0.1, 0.15) is 0 Å². The van der Waals surface area contributed by atoms with Crippen molar-refractivity contribution in [2.24, 2.45) is 5.92 Å². The predicted molar refractivity (Wildman–Crippen MR) is 96.1 cm³/mol. The van der Waals surface area contributed by atoms with E-state index in [-0.39, 0.29) is 5.91 Å². The molecule has 0 spiro atoms. The van der Waals surface area contributed by atoms with Crippen LogP contribution in [0.3, 0.4) is 0 Å². The Morgan fingerprint density at radius 1 is 1.35 bits per heavy atom. The first-order valence-electron chi connectivity index (χ1n) is 7.46. The van der Waals surface area contributed by atoms with Crippen molar-refractivity contribution in [3.63, 3.8) is 0 Å². The molecule has 3 nitrogen and oxygen atoms in total. The van der Waals surface area contributed by atoms with Gasteiger partial charge in [0, 0.05) is 17.5 Å². The van der Waals surface area contributed by atoms with Crippen LogP contribution in [0.2, 0.25) is 0 Å². The molecule has 0 fully saturated rings. The van der Waals surface area contributed by atoms with E-state index in [4.69, 9.17) is 0 Å². The monoisotopic (exact) mass is 327 g/mol. The lowest BCUT2D eigenvalue weighted by molar-refractivity contribution is 0.0966. The van der Waals surface area contributed by atoms with Crippen LogP contribution in [0.1, 0.15) is 29.8 Å². The van der Waals surface area contributed by atoms with Gasteiger partial charge in [-0.15, -0.1) is 0 Å². The minimum atomic E-state index is -1.01. The maximum Gasteiger partial charge on any atom is 0.251 e. The zero-order valence-electron chi connectivity index (χ0n) is 13.5. The normalized spacial score (nSPS) is 20.7. The molecular formula is C19H21NO2S. The second kappa shape index (κ2) is 7.38. The van der Waals surface area contributed by atoms with E-state index in [9.17, 15) is 9.00 Å². The summed E-state index contributed by atoms with van der Waals surface area (Å²) >= 11 is 0. The van der Waals surface area contributed by atoms with Crippen LogP contribution in [0.5, 0.6) is 0 Å². The van der Waals surface area contributed by atoms with Gasteiger partial charge in [0.15, 0.2) is 0 Å². The molecule has 4 heteroatoms. The number of allylic oxidation sites excluding steroid dienone is 4. The number of fused-ring (bicyclic) bond motifs is 1. The number of carbonyl (C=O) groups excluding carboxylic acids is 1. The number of benzene rings is 1. The Labute approximate surface area is 139 Å². The molecule has 1 N–H and O–H groups in total. The van der Waals surface area contributed by atoms with Crippen LogP contribution in [-0.4, -0.2) is 10.1 Å². The molecule has 3 rings (SSSR count). The minimum Gasteiger partial charge on any atom is -0.348 e. The lowest BCUT2D eigenvalue weighted by Crippen LogP contribution is -2.12. The number of hydrogen-bond acceptors (Lipinski definition) is 2. The first-order valence-corrected chi connectivity index (χ1v) is 8.67. The summed E-state index contributed by atoms with van der Waals surface area (Å²) in [6.45, 7) is 12.4. The number of hydrogen-bond donors (Lipinski definition) is 1. The quantitative estimate of drug-likeness (QED) is 0.897. The summed E-state index contributed by atoms with van der Waals surface area (Å²) in [6.07, 6.45) is 3.58. The molecule has 120 valence electrons. The maximum atomic E-state index is 11.5. The molecule has 0 saturated carbocycles. The van der Waals surface area contributed by atoms with Gasteiger partial charge in [-0.1, -0.05) is 51.3 Å². The van der Waals surface area contributed by atoms with Crippen molar-refractivity contribution in [1.82, 2.24) is 5.32 Å². The van der Waals surface area contributed by atoms with E-state index >= 15 is 0 Å².